The third-order valence-corrected chi connectivity index (χ3v) is 2.51. The van der Waals surface area contributed by atoms with E-state index >= 15 is 0 Å². The molecule has 0 N–H and O–H groups in total. The van der Waals surface area contributed by atoms with Gasteiger partial charge in [0.25, 0.3) is 0 Å². The van der Waals surface area contributed by atoms with Gasteiger partial charge < -0.3 is 18.9 Å². The van der Waals surface area contributed by atoms with E-state index in [0.29, 0.717) is 0 Å². The Morgan fingerprint density at radius 1 is 1.29 bits per heavy atom. The van der Waals surface area contributed by atoms with Crippen LogP contribution >= 0.6 is 0 Å². The Morgan fingerprint density at radius 3 is 2.50 bits per heavy atom. The lowest BCUT2D eigenvalue weighted by Gasteiger charge is -2.22. The van der Waals surface area contributed by atoms with Gasteiger partial charge >= 0.3 is 0 Å². The Balaban J connectivity index is 2.16. The molecule has 0 aromatic rings. The molecule has 2 fully saturated rings. The zero-order valence-electron chi connectivity index (χ0n) is 8.73. The van der Waals surface area contributed by atoms with Crippen molar-refractivity contribution in [1.29, 1.82) is 0 Å². The van der Waals surface area contributed by atoms with Crippen LogP contribution in [0.5, 0.6) is 0 Å². The molecule has 2 saturated heterocycles. The van der Waals surface area contributed by atoms with Crippen molar-refractivity contribution in [3.63, 3.8) is 0 Å². The third kappa shape index (κ3) is 1.48. The maximum absolute atomic E-state index is 5.71. The fraction of sp³-hybridized carbons (Fsp3) is 0.800. The van der Waals surface area contributed by atoms with Crippen molar-refractivity contribution >= 4 is 0 Å². The van der Waals surface area contributed by atoms with Gasteiger partial charge in [0.1, 0.15) is 18.3 Å². The Labute approximate surface area is 83.8 Å². The molecule has 0 spiro atoms. The number of hydrogen-bond acceptors (Lipinski definition) is 4. The van der Waals surface area contributed by atoms with E-state index in [4.69, 9.17) is 18.9 Å². The van der Waals surface area contributed by atoms with E-state index in [0.717, 1.165) is 0 Å². The van der Waals surface area contributed by atoms with Crippen LogP contribution in [-0.2, 0) is 18.9 Å². The first-order valence-electron chi connectivity index (χ1n) is 4.74. The summed E-state index contributed by atoms with van der Waals surface area (Å²) in [5, 5.41) is 0. The van der Waals surface area contributed by atoms with E-state index in [1.807, 2.05) is 13.8 Å². The van der Waals surface area contributed by atoms with Crippen molar-refractivity contribution in [3.05, 3.63) is 12.7 Å². The van der Waals surface area contributed by atoms with E-state index in [1.165, 1.54) is 0 Å². The molecule has 2 aliphatic heterocycles. The highest BCUT2D eigenvalue weighted by Crippen LogP contribution is 2.38. The molecule has 2 heterocycles. The lowest BCUT2D eigenvalue weighted by molar-refractivity contribution is -0.221. The molecule has 0 radical (unpaired) electrons. The molecule has 4 nitrogen and oxygen atoms in total. The second-order valence-electron chi connectivity index (χ2n) is 4.01. The van der Waals surface area contributed by atoms with Crippen molar-refractivity contribution in [2.24, 2.45) is 0 Å². The molecule has 0 unspecified atom stereocenters. The molecule has 80 valence electrons. The molecule has 4 atom stereocenters. The van der Waals surface area contributed by atoms with Crippen LogP contribution in [-0.4, -0.2) is 37.5 Å². The van der Waals surface area contributed by atoms with Gasteiger partial charge in [0, 0.05) is 7.11 Å². The van der Waals surface area contributed by atoms with Gasteiger partial charge in [-0.1, -0.05) is 6.08 Å². The summed E-state index contributed by atoms with van der Waals surface area (Å²) in [6.45, 7) is 7.48. The monoisotopic (exact) mass is 200 g/mol. The molecule has 14 heavy (non-hydrogen) atoms. The minimum atomic E-state index is -0.558. The quantitative estimate of drug-likeness (QED) is 0.625. The van der Waals surface area contributed by atoms with Crippen molar-refractivity contribution in [2.45, 2.75) is 44.2 Å². The summed E-state index contributed by atoms with van der Waals surface area (Å²) in [7, 11) is 1.60. The standard InChI is InChI=1S/C10H16O4/c1-5-6-7-8(9(11-4)12-6)14-10(2,3)13-7/h5-9H,1H2,2-4H3/t6-,7+,8+,9+/m0/s1. The van der Waals surface area contributed by atoms with Gasteiger partial charge in [0.2, 0.25) is 0 Å². The van der Waals surface area contributed by atoms with Crippen LogP contribution < -0.4 is 0 Å². The van der Waals surface area contributed by atoms with Crippen LogP contribution in [0.1, 0.15) is 13.8 Å². The maximum Gasteiger partial charge on any atom is 0.187 e. The zero-order chi connectivity index (χ0) is 10.3. The van der Waals surface area contributed by atoms with E-state index in [2.05, 4.69) is 6.58 Å². The molecule has 0 aromatic heterocycles. The summed E-state index contributed by atoms with van der Waals surface area (Å²) < 4.78 is 22.1. The normalized spacial score (nSPS) is 45.1. The average molecular weight is 200 g/mol. The molecular formula is C10H16O4. The lowest BCUT2D eigenvalue weighted by atomic mass is 10.1. The summed E-state index contributed by atoms with van der Waals surface area (Å²) in [6.07, 6.45) is 0.962. The van der Waals surface area contributed by atoms with Gasteiger partial charge in [-0.25, -0.2) is 0 Å². The van der Waals surface area contributed by atoms with Crippen LogP contribution in [0.4, 0.5) is 0 Å². The smallest absolute Gasteiger partial charge is 0.187 e. The van der Waals surface area contributed by atoms with Gasteiger partial charge in [0.05, 0.1) is 0 Å². The molecule has 2 aliphatic rings. The van der Waals surface area contributed by atoms with E-state index in [9.17, 15) is 0 Å². The van der Waals surface area contributed by atoms with Gasteiger partial charge in [-0.05, 0) is 13.8 Å². The van der Waals surface area contributed by atoms with Crippen LogP contribution in [0.25, 0.3) is 0 Å². The Bertz CT molecular complexity index is 238. The largest absolute Gasteiger partial charge is 0.353 e. The Hall–Kier alpha value is -0.420. The third-order valence-electron chi connectivity index (χ3n) is 2.51. The highest BCUT2D eigenvalue weighted by Gasteiger charge is 2.54. The molecule has 0 saturated carbocycles. The number of ether oxygens (including phenoxy) is 4. The number of fused-ring (bicyclic) bond motifs is 1. The van der Waals surface area contributed by atoms with Crippen molar-refractivity contribution in [2.75, 3.05) is 7.11 Å². The SMILES string of the molecule is C=C[C@@H]1O[C@@H](OC)[C@@H]2OC(C)(C)O[C@@H]21. The van der Waals surface area contributed by atoms with Crippen LogP contribution in [0, 0.1) is 0 Å². The molecule has 4 heteroatoms. The fourth-order valence-corrected chi connectivity index (χ4v) is 1.97. The lowest BCUT2D eigenvalue weighted by Crippen LogP contribution is -2.30. The van der Waals surface area contributed by atoms with E-state index in [1.54, 1.807) is 13.2 Å². The molecule has 0 aliphatic carbocycles. The van der Waals surface area contributed by atoms with Crippen molar-refractivity contribution in [1.82, 2.24) is 0 Å². The van der Waals surface area contributed by atoms with Gasteiger partial charge in [0.15, 0.2) is 12.1 Å². The highest BCUT2D eigenvalue weighted by atomic mass is 16.8. The van der Waals surface area contributed by atoms with Gasteiger partial charge in [-0.15, -0.1) is 6.58 Å². The molecule has 0 amide bonds. The second-order valence-corrected chi connectivity index (χ2v) is 4.01. The first-order chi connectivity index (χ1) is 6.57. The number of methoxy groups -OCH3 is 1. The topological polar surface area (TPSA) is 36.9 Å². The molecule has 2 rings (SSSR count). The summed E-state index contributed by atoms with van der Waals surface area (Å²) in [6, 6.07) is 0. The number of rotatable bonds is 2. The van der Waals surface area contributed by atoms with Crippen LogP contribution in [0.3, 0.4) is 0 Å². The molecular weight excluding hydrogens is 184 g/mol. The Kier molecular flexibility index (Phi) is 2.39. The van der Waals surface area contributed by atoms with E-state index < -0.39 is 5.79 Å². The van der Waals surface area contributed by atoms with Crippen molar-refractivity contribution in [3.8, 4) is 0 Å². The maximum atomic E-state index is 5.71. The summed E-state index contributed by atoms with van der Waals surface area (Å²) >= 11 is 0. The van der Waals surface area contributed by atoms with Crippen LogP contribution in [0.15, 0.2) is 12.7 Å². The molecule has 0 aromatic carbocycles. The highest BCUT2D eigenvalue weighted by molar-refractivity contribution is 5.01. The first kappa shape index (κ1) is 10.1. The van der Waals surface area contributed by atoms with Crippen molar-refractivity contribution < 1.29 is 18.9 Å². The average Bonchev–Trinajstić information content (AvgIpc) is 2.57. The summed E-state index contributed by atoms with van der Waals surface area (Å²) in [4.78, 5) is 0. The number of hydrogen-bond donors (Lipinski definition) is 0. The van der Waals surface area contributed by atoms with Gasteiger partial charge in [-0.3, -0.25) is 0 Å². The Morgan fingerprint density at radius 2 is 1.93 bits per heavy atom. The minimum Gasteiger partial charge on any atom is -0.353 e. The van der Waals surface area contributed by atoms with Gasteiger partial charge in [-0.2, -0.15) is 0 Å². The van der Waals surface area contributed by atoms with Crippen LogP contribution in [0.2, 0.25) is 0 Å². The minimum absolute atomic E-state index is 0.104. The predicted octanol–water partition coefficient (Wildman–Crippen LogP) is 1.06. The van der Waals surface area contributed by atoms with E-state index in [-0.39, 0.29) is 24.6 Å². The zero-order valence-corrected chi connectivity index (χ0v) is 8.73. The summed E-state index contributed by atoms with van der Waals surface area (Å²) in [5.41, 5.74) is 0. The second kappa shape index (κ2) is 3.31. The summed E-state index contributed by atoms with van der Waals surface area (Å²) in [5.74, 6) is -0.558. The first-order valence-corrected chi connectivity index (χ1v) is 4.74. The predicted molar refractivity (Wildman–Crippen MR) is 49.7 cm³/mol. The molecule has 0 bridgehead atoms. The fourth-order valence-electron chi connectivity index (χ4n) is 1.97.